The second-order valence-electron chi connectivity index (χ2n) is 8.90. The van der Waals surface area contributed by atoms with E-state index in [-0.39, 0.29) is 11.9 Å². The summed E-state index contributed by atoms with van der Waals surface area (Å²) in [5.41, 5.74) is 2.58. The van der Waals surface area contributed by atoms with Crippen molar-refractivity contribution in [3.63, 3.8) is 0 Å². The van der Waals surface area contributed by atoms with Crippen LogP contribution < -0.4 is 4.57 Å². The number of unbranched alkanes of at least 4 members (excludes halogenated alkanes) is 5. The van der Waals surface area contributed by atoms with Gasteiger partial charge in [0.05, 0.1) is 13.0 Å². The van der Waals surface area contributed by atoms with Crippen molar-refractivity contribution in [3.8, 4) is 0 Å². The first-order chi connectivity index (χ1) is 14.5. The van der Waals surface area contributed by atoms with Gasteiger partial charge in [0, 0.05) is 18.6 Å². The number of hydrogen-bond acceptors (Lipinski definition) is 2. The lowest BCUT2D eigenvalue weighted by Gasteiger charge is -2.13. The van der Waals surface area contributed by atoms with Crippen molar-refractivity contribution in [2.75, 3.05) is 6.61 Å². The molecule has 0 radical (unpaired) electrons. The fourth-order valence-electron chi connectivity index (χ4n) is 3.75. The molecule has 1 heterocycles. The summed E-state index contributed by atoms with van der Waals surface area (Å²) < 4.78 is 7.69. The molecule has 3 heteroatoms. The Labute approximate surface area is 183 Å². The molecule has 3 nitrogen and oxygen atoms in total. The van der Waals surface area contributed by atoms with Crippen molar-refractivity contribution >= 4 is 5.97 Å². The molecule has 0 N–H and O–H groups in total. The van der Waals surface area contributed by atoms with E-state index >= 15 is 0 Å². The topological polar surface area (TPSA) is 30.2 Å². The number of carbonyl (C=O) groups is 1. The Morgan fingerprint density at radius 1 is 0.867 bits per heavy atom. The Balaban J connectivity index is 1.49. The van der Waals surface area contributed by atoms with E-state index in [4.69, 9.17) is 4.74 Å². The first-order valence-corrected chi connectivity index (χ1v) is 11.7. The highest BCUT2D eigenvalue weighted by Crippen LogP contribution is 2.21. The third-order valence-electron chi connectivity index (χ3n) is 5.52. The number of rotatable bonds is 14. The molecule has 0 saturated carbocycles. The Hall–Kier alpha value is -2.16. The maximum atomic E-state index is 12.1. The highest BCUT2D eigenvalue weighted by atomic mass is 16.5. The van der Waals surface area contributed by atoms with Crippen LogP contribution in [0.5, 0.6) is 0 Å². The van der Waals surface area contributed by atoms with Gasteiger partial charge < -0.3 is 4.74 Å². The van der Waals surface area contributed by atoms with Crippen molar-refractivity contribution in [1.82, 2.24) is 0 Å². The molecule has 0 aliphatic heterocycles. The van der Waals surface area contributed by atoms with E-state index in [2.05, 4.69) is 80.2 Å². The molecule has 2 rings (SSSR count). The monoisotopic (exact) mass is 410 g/mol. The molecule has 0 amide bonds. The standard InChI is InChI=1S/C27H40NO2/c1-23(2)21-25-13-15-26(16-14-25)24(3)22-27(29)30-20-12-7-5-4-6-9-17-28-18-10-8-11-19-28/h8,10-11,13-16,18-19,23-24H,4-7,9,12,17,20-22H2,1-3H3/q+1. The molecule has 164 valence electrons. The number of benzene rings is 1. The van der Waals surface area contributed by atoms with Crippen LogP contribution in [0.15, 0.2) is 54.9 Å². The summed E-state index contributed by atoms with van der Waals surface area (Å²) in [5, 5.41) is 0. The maximum absolute atomic E-state index is 12.1. The highest BCUT2D eigenvalue weighted by Gasteiger charge is 2.12. The number of carbonyl (C=O) groups excluding carboxylic acids is 1. The molecule has 1 aromatic carbocycles. The first kappa shape index (κ1) is 24.1. The Bertz CT molecular complexity index is 709. The molecule has 0 aliphatic rings. The molecule has 0 saturated heterocycles. The van der Waals surface area contributed by atoms with Crippen LogP contribution in [0.3, 0.4) is 0 Å². The van der Waals surface area contributed by atoms with Gasteiger partial charge in [-0.3, -0.25) is 4.79 Å². The molecule has 0 bridgehead atoms. The van der Waals surface area contributed by atoms with Crippen molar-refractivity contribution < 1.29 is 14.1 Å². The normalized spacial score (nSPS) is 12.1. The average molecular weight is 411 g/mol. The van der Waals surface area contributed by atoms with Crippen molar-refractivity contribution in [1.29, 1.82) is 0 Å². The molecule has 30 heavy (non-hydrogen) atoms. The molecule has 1 aromatic heterocycles. The molecule has 0 fully saturated rings. The van der Waals surface area contributed by atoms with Gasteiger partial charge in [0.25, 0.3) is 0 Å². The highest BCUT2D eigenvalue weighted by molar-refractivity contribution is 5.70. The van der Waals surface area contributed by atoms with Gasteiger partial charge in [-0.05, 0) is 42.2 Å². The van der Waals surface area contributed by atoms with Gasteiger partial charge in [-0.25, -0.2) is 4.57 Å². The lowest BCUT2D eigenvalue weighted by Crippen LogP contribution is -2.32. The molecule has 2 aromatic rings. The molecular weight excluding hydrogens is 370 g/mol. The largest absolute Gasteiger partial charge is 0.466 e. The van der Waals surface area contributed by atoms with E-state index in [1.54, 1.807) is 0 Å². The predicted octanol–water partition coefficient (Wildman–Crippen LogP) is 6.25. The van der Waals surface area contributed by atoms with Crippen molar-refractivity contribution in [2.24, 2.45) is 5.92 Å². The second kappa shape index (κ2) is 14.0. The number of aromatic nitrogens is 1. The average Bonchev–Trinajstić information content (AvgIpc) is 2.73. The van der Waals surface area contributed by atoms with Gasteiger partial charge in [0.2, 0.25) is 0 Å². The van der Waals surface area contributed by atoms with Crippen LogP contribution in [0.4, 0.5) is 0 Å². The van der Waals surface area contributed by atoms with Gasteiger partial charge >= 0.3 is 5.97 Å². The number of nitrogens with zero attached hydrogens (tertiary/aromatic N) is 1. The van der Waals surface area contributed by atoms with Crippen LogP contribution in [-0.2, 0) is 22.5 Å². The number of pyridine rings is 1. The van der Waals surface area contributed by atoms with Crippen molar-refractivity contribution in [2.45, 2.75) is 84.6 Å². The third-order valence-corrected chi connectivity index (χ3v) is 5.52. The summed E-state index contributed by atoms with van der Waals surface area (Å²) in [6.07, 6.45) is 12.9. The second-order valence-corrected chi connectivity index (χ2v) is 8.90. The smallest absolute Gasteiger partial charge is 0.306 e. The minimum Gasteiger partial charge on any atom is -0.466 e. The number of esters is 1. The minimum absolute atomic E-state index is 0.0753. The minimum atomic E-state index is -0.0753. The predicted molar refractivity (Wildman–Crippen MR) is 123 cm³/mol. The van der Waals surface area contributed by atoms with Crippen LogP contribution in [-0.4, -0.2) is 12.6 Å². The van der Waals surface area contributed by atoms with Crippen LogP contribution >= 0.6 is 0 Å². The van der Waals surface area contributed by atoms with Crippen molar-refractivity contribution in [3.05, 3.63) is 66.0 Å². The fraction of sp³-hybridized carbons (Fsp3) is 0.556. The Kier molecular flexibility index (Phi) is 11.2. The van der Waals surface area contributed by atoms with Gasteiger partial charge in [-0.1, -0.05) is 70.4 Å². The maximum Gasteiger partial charge on any atom is 0.306 e. The quantitative estimate of drug-likeness (QED) is 0.209. The molecule has 1 atom stereocenters. The summed E-state index contributed by atoms with van der Waals surface area (Å²) in [5.74, 6) is 0.790. The summed E-state index contributed by atoms with van der Waals surface area (Å²) in [7, 11) is 0. The van der Waals surface area contributed by atoms with Crippen LogP contribution in [0, 0.1) is 5.92 Å². The fourth-order valence-corrected chi connectivity index (χ4v) is 3.75. The number of hydrogen-bond donors (Lipinski definition) is 0. The van der Waals surface area contributed by atoms with Gasteiger partial charge in [-0.2, -0.15) is 0 Å². The van der Waals surface area contributed by atoms with Crippen LogP contribution in [0.2, 0.25) is 0 Å². The summed E-state index contributed by atoms with van der Waals surface area (Å²) in [6.45, 7) is 8.22. The summed E-state index contributed by atoms with van der Waals surface area (Å²) >= 11 is 0. The van der Waals surface area contributed by atoms with Crippen LogP contribution in [0.1, 0.15) is 82.8 Å². The lowest BCUT2D eigenvalue weighted by molar-refractivity contribution is -0.697. The van der Waals surface area contributed by atoms with E-state index in [9.17, 15) is 4.79 Å². The zero-order chi connectivity index (χ0) is 21.6. The number of aryl methyl sites for hydroxylation is 1. The zero-order valence-corrected chi connectivity index (χ0v) is 19.2. The zero-order valence-electron chi connectivity index (χ0n) is 19.2. The van der Waals surface area contributed by atoms with E-state index < -0.39 is 0 Å². The molecule has 0 aliphatic carbocycles. The van der Waals surface area contributed by atoms with E-state index in [0.29, 0.717) is 18.9 Å². The van der Waals surface area contributed by atoms with Gasteiger partial charge in [-0.15, -0.1) is 0 Å². The van der Waals surface area contributed by atoms with Crippen LogP contribution in [0.25, 0.3) is 0 Å². The van der Waals surface area contributed by atoms with E-state index in [0.717, 1.165) is 25.8 Å². The SMILES string of the molecule is CC(C)Cc1ccc(C(C)CC(=O)OCCCCCCCC[n+]2ccccc2)cc1. The van der Waals surface area contributed by atoms with Gasteiger partial charge in [0.1, 0.15) is 6.54 Å². The molecule has 0 spiro atoms. The van der Waals surface area contributed by atoms with E-state index in [1.807, 2.05) is 0 Å². The third kappa shape index (κ3) is 10.0. The lowest BCUT2D eigenvalue weighted by atomic mass is 9.95. The summed E-state index contributed by atoms with van der Waals surface area (Å²) in [4.78, 5) is 12.1. The summed E-state index contributed by atoms with van der Waals surface area (Å²) in [6, 6.07) is 14.9. The molecule has 1 unspecified atom stereocenters. The van der Waals surface area contributed by atoms with Gasteiger partial charge in [0.15, 0.2) is 12.4 Å². The molecular formula is C27H40NO2+. The Morgan fingerprint density at radius 2 is 1.50 bits per heavy atom. The Morgan fingerprint density at radius 3 is 2.17 bits per heavy atom. The number of ether oxygens (including phenoxy) is 1. The van der Waals surface area contributed by atoms with E-state index in [1.165, 1.54) is 36.8 Å². The first-order valence-electron chi connectivity index (χ1n) is 11.7.